The Kier molecular flexibility index (Phi) is 6.18. The van der Waals surface area contributed by atoms with Crippen molar-refractivity contribution in [1.29, 1.82) is 0 Å². The maximum Gasteiger partial charge on any atom is 0.148 e. The minimum Gasteiger partial charge on any atom is -0.337 e. The molecule has 1 aliphatic heterocycles. The van der Waals surface area contributed by atoms with Gasteiger partial charge in [0.1, 0.15) is 5.82 Å². The SMILES string of the molecule is C=C1N(Cc2nc3cc(Cl)ccc3n2N)c2cnccc2C1(CC)CCC.CC. The van der Waals surface area contributed by atoms with Crippen molar-refractivity contribution in [3.05, 3.63) is 65.3 Å². The van der Waals surface area contributed by atoms with Gasteiger partial charge in [-0.15, -0.1) is 0 Å². The molecule has 3 aromatic rings. The van der Waals surface area contributed by atoms with Crippen molar-refractivity contribution in [2.45, 2.75) is 58.9 Å². The molecular formula is C23H30ClN5. The van der Waals surface area contributed by atoms with Crippen molar-refractivity contribution >= 4 is 28.3 Å². The Morgan fingerprint density at radius 3 is 2.66 bits per heavy atom. The minimum atomic E-state index is -0.0538. The van der Waals surface area contributed by atoms with Crippen molar-refractivity contribution in [1.82, 2.24) is 14.6 Å². The lowest BCUT2D eigenvalue weighted by atomic mass is 9.74. The molecule has 0 amide bonds. The number of imidazole rings is 1. The van der Waals surface area contributed by atoms with Crippen LogP contribution in [0.5, 0.6) is 0 Å². The Hall–Kier alpha value is -2.53. The summed E-state index contributed by atoms with van der Waals surface area (Å²) < 4.78 is 1.64. The van der Waals surface area contributed by atoms with Gasteiger partial charge in [-0.3, -0.25) is 4.98 Å². The zero-order valence-corrected chi connectivity index (χ0v) is 18.5. The second-order valence-corrected chi connectivity index (χ2v) is 7.58. The Balaban J connectivity index is 0.00000117. The van der Waals surface area contributed by atoms with Crippen LogP contribution < -0.4 is 10.7 Å². The van der Waals surface area contributed by atoms with Crippen molar-refractivity contribution in [3.63, 3.8) is 0 Å². The molecular weight excluding hydrogens is 382 g/mol. The molecule has 154 valence electrons. The molecule has 0 fully saturated rings. The highest BCUT2D eigenvalue weighted by atomic mass is 35.5. The number of aromatic nitrogens is 3. The van der Waals surface area contributed by atoms with E-state index in [0.717, 1.165) is 47.5 Å². The fourth-order valence-electron chi connectivity index (χ4n) is 4.40. The highest BCUT2D eigenvalue weighted by Gasteiger charge is 2.44. The molecule has 0 aliphatic carbocycles. The maximum absolute atomic E-state index is 6.33. The topological polar surface area (TPSA) is 60.0 Å². The van der Waals surface area contributed by atoms with E-state index in [-0.39, 0.29) is 5.41 Å². The quantitative estimate of drug-likeness (QED) is 0.538. The number of nitrogens with two attached hydrogens (primary N) is 1. The Morgan fingerprint density at radius 2 is 1.97 bits per heavy atom. The molecule has 0 spiro atoms. The van der Waals surface area contributed by atoms with Gasteiger partial charge in [0.25, 0.3) is 0 Å². The van der Waals surface area contributed by atoms with Crippen LogP contribution in [0.2, 0.25) is 5.02 Å². The zero-order valence-electron chi connectivity index (χ0n) is 17.7. The van der Waals surface area contributed by atoms with Crippen LogP contribution in [0.4, 0.5) is 5.69 Å². The van der Waals surface area contributed by atoms with E-state index in [4.69, 9.17) is 22.4 Å². The summed E-state index contributed by atoms with van der Waals surface area (Å²) in [5, 5.41) is 0.653. The maximum atomic E-state index is 6.33. The van der Waals surface area contributed by atoms with Crippen LogP contribution >= 0.6 is 11.6 Å². The molecule has 2 aromatic heterocycles. The van der Waals surface area contributed by atoms with Crippen LogP contribution in [0.25, 0.3) is 11.0 Å². The van der Waals surface area contributed by atoms with Gasteiger partial charge in [0.2, 0.25) is 0 Å². The number of pyridine rings is 1. The number of halogens is 1. The third kappa shape index (κ3) is 3.38. The number of fused-ring (bicyclic) bond motifs is 2. The first kappa shape index (κ1) is 21.2. The van der Waals surface area contributed by atoms with E-state index in [1.54, 1.807) is 4.68 Å². The average molecular weight is 412 g/mol. The summed E-state index contributed by atoms with van der Waals surface area (Å²) in [6, 6.07) is 7.70. The van der Waals surface area contributed by atoms with Crippen molar-refractivity contribution < 1.29 is 0 Å². The summed E-state index contributed by atoms with van der Waals surface area (Å²) in [7, 11) is 0. The summed E-state index contributed by atoms with van der Waals surface area (Å²) in [5.41, 5.74) is 5.10. The molecule has 0 saturated carbocycles. The van der Waals surface area contributed by atoms with Gasteiger partial charge in [-0.2, -0.15) is 0 Å². The summed E-state index contributed by atoms with van der Waals surface area (Å²) >= 11 is 6.11. The zero-order chi connectivity index (χ0) is 21.2. The van der Waals surface area contributed by atoms with E-state index in [1.807, 2.05) is 44.4 Å². The third-order valence-electron chi connectivity index (χ3n) is 5.79. The Labute approximate surface area is 178 Å². The van der Waals surface area contributed by atoms with Crippen LogP contribution in [0, 0.1) is 0 Å². The Morgan fingerprint density at radius 1 is 1.21 bits per heavy atom. The molecule has 0 saturated heterocycles. The van der Waals surface area contributed by atoms with Gasteiger partial charge in [0.15, 0.2) is 0 Å². The molecule has 1 atom stereocenters. The number of nitrogens with zero attached hydrogens (tertiary/aromatic N) is 4. The lowest BCUT2D eigenvalue weighted by Crippen LogP contribution is -2.31. The highest BCUT2D eigenvalue weighted by molar-refractivity contribution is 6.31. The first-order chi connectivity index (χ1) is 14.0. The first-order valence-corrected chi connectivity index (χ1v) is 10.7. The fraction of sp³-hybridized carbons (Fsp3) is 0.391. The second-order valence-electron chi connectivity index (χ2n) is 7.14. The molecule has 1 aliphatic rings. The van der Waals surface area contributed by atoms with Crippen molar-refractivity contribution in [3.8, 4) is 0 Å². The second kappa shape index (κ2) is 8.46. The number of nitrogen functional groups attached to an aromatic ring is 1. The average Bonchev–Trinajstić information content (AvgIpc) is 3.17. The predicted molar refractivity (Wildman–Crippen MR) is 123 cm³/mol. The standard InChI is InChI=1S/C21H24ClN5.C2H6/c1-4-9-21(5-2)14(3)26(19-12-24-10-8-16(19)21)13-20-25-17-11-15(22)6-7-18(17)27(20)23;1-2/h6-8,10-12H,3-5,9,13,23H2,1-2H3;1-2H3. The minimum absolute atomic E-state index is 0.0538. The molecule has 0 bridgehead atoms. The number of hydrogen-bond donors (Lipinski definition) is 1. The van der Waals surface area contributed by atoms with E-state index in [9.17, 15) is 0 Å². The smallest absolute Gasteiger partial charge is 0.148 e. The van der Waals surface area contributed by atoms with Crippen molar-refractivity contribution in [2.24, 2.45) is 0 Å². The molecule has 29 heavy (non-hydrogen) atoms. The molecule has 3 heterocycles. The normalized spacial score (nSPS) is 18.0. The van der Waals surface area contributed by atoms with Crippen molar-refractivity contribution in [2.75, 3.05) is 10.7 Å². The summed E-state index contributed by atoms with van der Waals surface area (Å²) in [6.45, 7) is 13.5. The number of hydrogen-bond acceptors (Lipinski definition) is 4. The number of rotatable bonds is 5. The largest absolute Gasteiger partial charge is 0.337 e. The van der Waals surface area contributed by atoms with Gasteiger partial charge in [-0.25, -0.2) is 9.66 Å². The lowest BCUT2D eigenvalue weighted by molar-refractivity contribution is 0.448. The molecule has 1 aromatic carbocycles. The number of benzene rings is 1. The van der Waals surface area contributed by atoms with E-state index >= 15 is 0 Å². The summed E-state index contributed by atoms with van der Waals surface area (Å²) in [4.78, 5) is 11.3. The van der Waals surface area contributed by atoms with E-state index in [1.165, 1.54) is 5.56 Å². The number of anilines is 1. The molecule has 6 heteroatoms. The fourth-order valence-corrected chi connectivity index (χ4v) is 4.56. The highest BCUT2D eigenvalue weighted by Crippen LogP contribution is 2.51. The van der Waals surface area contributed by atoms with E-state index in [0.29, 0.717) is 11.6 Å². The van der Waals surface area contributed by atoms with Gasteiger partial charge in [-0.1, -0.05) is 52.3 Å². The van der Waals surface area contributed by atoms with Crippen LogP contribution in [0.3, 0.4) is 0 Å². The van der Waals surface area contributed by atoms with Gasteiger partial charge >= 0.3 is 0 Å². The summed E-state index contributed by atoms with van der Waals surface area (Å²) in [5.74, 6) is 7.10. The lowest BCUT2D eigenvalue weighted by Gasteiger charge is -2.31. The van der Waals surface area contributed by atoms with E-state index in [2.05, 4.69) is 36.4 Å². The van der Waals surface area contributed by atoms with Gasteiger partial charge in [0.05, 0.1) is 29.5 Å². The molecule has 4 rings (SSSR count). The molecule has 1 unspecified atom stereocenters. The number of allylic oxidation sites excluding steroid dienone is 1. The van der Waals surface area contributed by atoms with Gasteiger partial charge in [0, 0.05) is 22.3 Å². The van der Waals surface area contributed by atoms with Crippen LogP contribution in [0.1, 0.15) is 58.3 Å². The summed E-state index contributed by atoms with van der Waals surface area (Å²) in [6.07, 6.45) is 6.95. The molecule has 2 N–H and O–H groups in total. The monoisotopic (exact) mass is 411 g/mol. The van der Waals surface area contributed by atoms with Gasteiger partial charge in [-0.05, 0) is 42.7 Å². The van der Waals surface area contributed by atoms with Crippen LogP contribution in [-0.2, 0) is 12.0 Å². The van der Waals surface area contributed by atoms with E-state index < -0.39 is 0 Å². The molecule has 0 radical (unpaired) electrons. The molecule has 5 nitrogen and oxygen atoms in total. The van der Waals surface area contributed by atoms with Crippen LogP contribution in [-0.4, -0.2) is 14.6 Å². The third-order valence-corrected chi connectivity index (χ3v) is 6.02. The van der Waals surface area contributed by atoms with Crippen LogP contribution in [0.15, 0.2) is 48.9 Å². The predicted octanol–water partition coefficient (Wildman–Crippen LogP) is 5.81. The first-order valence-electron chi connectivity index (χ1n) is 10.3. The van der Waals surface area contributed by atoms with Gasteiger partial charge < -0.3 is 10.7 Å². The Bertz CT molecular complexity index is 1030.